The molecular weight excluding hydrogens is 411 g/mol. The van der Waals surface area contributed by atoms with Crippen LogP contribution in [0, 0.1) is 6.92 Å². The molecule has 1 atom stereocenters. The van der Waals surface area contributed by atoms with Gasteiger partial charge in [-0.2, -0.15) is 0 Å². The summed E-state index contributed by atoms with van der Waals surface area (Å²) < 4.78 is 46.9. The lowest BCUT2D eigenvalue weighted by Crippen LogP contribution is -2.33. The van der Waals surface area contributed by atoms with Crippen molar-refractivity contribution in [3.8, 4) is 22.6 Å². The van der Waals surface area contributed by atoms with E-state index in [1.807, 2.05) is 6.92 Å². The Hall–Kier alpha value is -3.62. The standard InChI is InChI=1S/C22H18F3N3O3/c1-13-8-9-26-20(28-13)11-17-12-27-21(29)18-10-15(4-7-19(18)30-17)14-2-5-16(6-3-14)31-22(23,24)25/h2-10,17H,11-12H2,1H3,(H,27,29). The summed E-state index contributed by atoms with van der Waals surface area (Å²) >= 11 is 0. The Balaban J connectivity index is 1.54. The molecule has 0 aliphatic carbocycles. The molecule has 1 aliphatic heterocycles. The lowest BCUT2D eigenvalue weighted by atomic mass is 10.0. The van der Waals surface area contributed by atoms with E-state index in [2.05, 4.69) is 20.0 Å². The molecule has 1 N–H and O–H groups in total. The van der Waals surface area contributed by atoms with Crippen LogP contribution in [0.1, 0.15) is 21.9 Å². The molecule has 1 unspecified atom stereocenters. The lowest BCUT2D eigenvalue weighted by Gasteiger charge is -2.16. The summed E-state index contributed by atoms with van der Waals surface area (Å²) in [6.07, 6.45) is -2.97. The van der Waals surface area contributed by atoms with Crippen LogP contribution in [0.2, 0.25) is 0 Å². The third kappa shape index (κ3) is 5.11. The van der Waals surface area contributed by atoms with Gasteiger partial charge in [0.05, 0.1) is 12.1 Å². The van der Waals surface area contributed by atoms with Gasteiger partial charge in [0.1, 0.15) is 23.4 Å². The molecular formula is C22H18F3N3O3. The monoisotopic (exact) mass is 429 g/mol. The van der Waals surface area contributed by atoms with E-state index in [0.29, 0.717) is 41.2 Å². The van der Waals surface area contributed by atoms with Crippen LogP contribution >= 0.6 is 0 Å². The van der Waals surface area contributed by atoms with E-state index in [4.69, 9.17) is 4.74 Å². The Bertz CT molecular complexity index is 1100. The molecule has 1 amide bonds. The molecule has 160 valence electrons. The molecule has 0 spiro atoms. The maximum absolute atomic E-state index is 12.6. The van der Waals surface area contributed by atoms with E-state index in [0.717, 1.165) is 5.69 Å². The van der Waals surface area contributed by atoms with E-state index in [9.17, 15) is 18.0 Å². The van der Waals surface area contributed by atoms with Crippen molar-refractivity contribution < 1.29 is 27.4 Å². The van der Waals surface area contributed by atoms with Gasteiger partial charge in [-0.3, -0.25) is 4.79 Å². The zero-order chi connectivity index (χ0) is 22.0. The molecule has 0 fully saturated rings. The molecule has 3 aromatic rings. The molecule has 31 heavy (non-hydrogen) atoms. The second kappa shape index (κ2) is 8.25. The average molecular weight is 429 g/mol. The topological polar surface area (TPSA) is 73.3 Å². The predicted octanol–water partition coefficient (Wildman–Crippen LogP) is 4.08. The molecule has 2 heterocycles. The number of halogens is 3. The summed E-state index contributed by atoms with van der Waals surface area (Å²) in [6, 6.07) is 12.3. The fourth-order valence-electron chi connectivity index (χ4n) is 3.28. The van der Waals surface area contributed by atoms with Gasteiger partial charge in [-0.1, -0.05) is 18.2 Å². The van der Waals surface area contributed by atoms with Gasteiger partial charge < -0.3 is 14.8 Å². The molecule has 2 aromatic carbocycles. The highest BCUT2D eigenvalue weighted by atomic mass is 19.4. The van der Waals surface area contributed by atoms with Crippen LogP contribution in [-0.2, 0) is 6.42 Å². The van der Waals surface area contributed by atoms with Gasteiger partial charge in [0.25, 0.3) is 5.91 Å². The second-order valence-corrected chi connectivity index (χ2v) is 7.05. The SMILES string of the molecule is Cc1ccnc(CC2CNC(=O)c3cc(-c4ccc(OC(F)(F)F)cc4)ccc3O2)n1. The fourth-order valence-corrected chi connectivity index (χ4v) is 3.28. The number of aromatic nitrogens is 2. The van der Waals surface area contributed by atoms with E-state index in [1.54, 1.807) is 30.5 Å². The van der Waals surface area contributed by atoms with Gasteiger partial charge in [-0.25, -0.2) is 9.97 Å². The van der Waals surface area contributed by atoms with Crippen molar-refractivity contribution >= 4 is 5.91 Å². The van der Waals surface area contributed by atoms with Crippen LogP contribution in [0.15, 0.2) is 54.7 Å². The third-order valence-corrected chi connectivity index (χ3v) is 4.68. The highest BCUT2D eigenvalue weighted by molar-refractivity contribution is 5.98. The summed E-state index contributed by atoms with van der Waals surface area (Å²) in [4.78, 5) is 21.2. The van der Waals surface area contributed by atoms with Crippen molar-refractivity contribution in [1.29, 1.82) is 0 Å². The van der Waals surface area contributed by atoms with Crippen molar-refractivity contribution in [2.24, 2.45) is 0 Å². The fraction of sp³-hybridized carbons (Fsp3) is 0.227. The van der Waals surface area contributed by atoms with Crippen LogP contribution in [0.25, 0.3) is 11.1 Å². The van der Waals surface area contributed by atoms with E-state index in [1.165, 1.54) is 24.3 Å². The quantitative estimate of drug-likeness (QED) is 0.677. The van der Waals surface area contributed by atoms with Crippen LogP contribution < -0.4 is 14.8 Å². The minimum absolute atomic E-state index is 0.290. The molecule has 0 saturated carbocycles. The number of carbonyl (C=O) groups excluding carboxylic acids is 1. The number of carbonyl (C=O) groups is 1. The lowest BCUT2D eigenvalue weighted by molar-refractivity contribution is -0.274. The van der Waals surface area contributed by atoms with E-state index in [-0.39, 0.29) is 17.8 Å². The Morgan fingerprint density at radius 2 is 1.87 bits per heavy atom. The number of aryl methyl sites for hydroxylation is 1. The molecule has 4 rings (SSSR count). The van der Waals surface area contributed by atoms with E-state index >= 15 is 0 Å². The third-order valence-electron chi connectivity index (χ3n) is 4.68. The minimum Gasteiger partial charge on any atom is -0.487 e. The molecule has 6 nitrogen and oxygen atoms in total. The van der Waals surface area contributed by atoms with E-state index < -0.39 is 6.36 Å². The van der Waals surface area contributed by atoms with Crippen molar-refractivity contribution in [3.05, 3.63) is 71.8 Å². The number of hydrogen-bond acceptors (Lipinski definition) is 5. The largest absolute Gasteiger partial charge is 0.573 e. The van der Waals surface area contributed by atoms with Gasteiger partial charge in [-0.05, 0) is 48.4 Å². The molecule has 1 aliphatic rings. The van der Waals surface area contributed by atoms with Crippen molar-refractivity contribution in [2.75, 3.05) is 6.54 Å². The van der Waals surface area contributed by atoms with Crippen LogP contribution in [-0.4, -0.2) is 34.9 Å². The number of hydrogen-bond donors (Lipinski definition) is 1. The number of benzene rings is 2. The highest BCUT2D eigenvalue weighted by Crippen LogP contribution is 2.31. The summed E-state index contributed by atoms with van der Waals surface area (Å²) in [5, 5.41) is 2.83. The second-order valence-electron chi connectivity index (χ2n) is 7.05. The zero-order valence-corrected chi connectivity index (χ0v) is 16.4. The number of alkyl halides is 3. The maximum Gasteiger partial charge on any atom is 0.573 e. The number of ether oxygens (including phenoxy) is 2. The number of rotatable bonds is 4. The van der Waals surface area contributed by atoms with Crippen molar-refractivity contribution in [1.82, 2.24) is 15.3 Å². The first kappa shape index (κ1) is 20.6. The first-order valence-corrected chi connectivity index (χ1v) is 9.50. The van der Waals surface area contributed by atoms with Crippen molar-refractivity contribution in [3.63, 3.8) is 0 Å². The summed E-state index contributed by atoms with van der Waals surface area (Å²) in [5.74, 6) is 0.448. The molecule has 0 bridgehead atoms. The van der Waals surface area contributed by atoms with Gasteiger partial charge in [0.15, 0.2) is 0 Å². The first-order chi connectivity index (χ1) is 14.8. The molecule has 0 radical (unpaired) electrons. The van der Waals surface area contributed by atoms with Gasteiger partial charge in [-0.15, -0.1) is 13.2 Å². The smallest absolute Gasteiger partial charge is 0.487 e. The Kier molecular flexibility index (Phi) is 5.50. The number of nitrogens with zero attached hydrogens (tertiary/aromatic N) is 2. The predicted molar refractivity (Wildman–Crippen MR) is 106 cm³/mol. The summed E-state index contributed by atoms with van der Waals surface area (Å²) in [5.41, 5.74) is 2.50. The zero-order valence-electron chi connectivity index (χ0n) is 16.4. The molecule has 9 heteroatoms. The summed E-state index contributed by atoms with van der Waals surface area (Å²) in [6.45, 7) is 2.17. The van der Waals surface area contributed by atoms with Crippen LogP contribution in [0.5, 0.6) is 11.5 Å². The molecule has 0 saturated heterocycles. The normalized spacial score (nSPS) is 16.0. The van der Waals surface area contributed by atoms with Gasteiger partial charge in [0, 0.05) is 18.3 Å². The Labute approximate surface area is 176 Å². The maximum atomic E-state index is 12.6. The van der Waals surface area contributed by atoms with Crippen molar-refractivity contribution in [2.45, 2.75) is 25.8 Å². The average Bonchev–Trinajstić information content (AvgIpc) is 2.86. The summed E-state index contributed by atoms with van der Waals surface area (Å²) in [7, 11) is 0. The first-order valence-electron chi connectivity index (χ1n) is 9.50. The number of fused-ring (bicyclic) bond motifs is 1. The Morgan fingerprint density at radius 3 is 2.58 bits per heavy atom. The van der Waals surface area contributed by atoms with Gasteiger partial charge >= 0.3 is 6.36 Å². The molecule has 1 aromatic heterocycles. The minimum atomic E-state index is -4.75. The number of nitrogens with one attached hydrogen (secondary N) is 1. The highest BCUT2D eigenvalue weighted by Gasteiger charge is 2.31. The van der Waals surface area contributed by atoms with Crippen LogP contribution in [0.3, 0.4) is 0 Å². The van der Waals surface area contributed by atoms with Gasteiger partial charge in [0.2, 0.25) is 0 Å². The Morgan fingerprint density at radius 1 is 1.13 bits per heavy atom. The number of amides is 1. The van der Waals surface area contributed by atoms with Crippen LogP contribution in [0.4, 0.5) is 13.2 Å².